The van der Waals surface area contributed by atoms with Crippen molar-refractivity contribution in [1.82, 2.24) is 14.9 Å². The number of anilines is 2. The van der Waals surface area contributed by atoms with E-state index in [0.717, 1.165) is 15.7 Å². The fraction of sp³-hybridized carbons (Fsp3) is 0.333. The molecule has 9 nitrogen and oxygen atoms in total. The minimum atomic E-state index is -4.31. The van der Waals surface area contributed by atoms with Crippen molar-refractivity contribution in [3.63, 3.8) is 0 Å². The van der Waals surface area contributed by atoms with Crippen molar-refractivity contribution in [2.24, 2.45) is 0 Å². The third kappa shape index (κ3) is 5.73. The summed E-state index contributed by atoms with van der Waals surface area (Å²) in [5, 5.41) is 1.62. The Balaban J connectivity index is 1.39. The number of hydrogen-bond donors (Lipinski definition) is 1. The lowest BCUT2D eigenvalue weighted by Crippen LogP contribution is -2.37. The van der Waals surface area contributed by atoms with E-state index in [9.17, 15) is 13.2 Å². The van der Waals surface area contributed by atoms with Gasteiger partial charge in [0.1, 0.15) is 16.5 Å². The first-order valence-electron chi connectivity index (χ1n) is 13.5. The smallest absolute Gasteiger partial charge is 0.268 e. The van der Waals surface area contributed by atoms with Gasteiger partial charge in [-0.3, -0.25) is 4.79 Å². The third-order valence-corrected chi connectivity index (χ3v) is 10.1. The second-order valence-corrected chi connectivity index (χ2v) is 13.1. The minimum Gasteiger partial charge on any atom is -0.497 e. The van der Waals surface area contributed by atoms with E-state index >= 15 is 4.39 Å². The van der Waals surface area contributed by atoms with Crippen LogP contribution in [0.1, 0.15) is 39.3 Å². The molecule has 0 radical (unpaired) electrons. The molecule has 42 heavy (non-hydrogen) atoms. The summed E-state index contributed by atoms with van der Waals surface area (Å²) in [6.07, 6.45) is 0.714. The van der Waals surface area contributed by atoms with Crippen molar-refractivity contribution in [2.45, 2.75) is 44.7 Å². The number of likely N-dealkylation sites (N-methyl/N-ethyl adjacent to an activating group) is 1. The highest BCUT2D eigenvalue weighted by atomic mass is 32.2. The molecule has 1 amide bonds. The summed E-state index contributed by atoms with van der Waals surface area (Å²) >= 11 is 1.26. The summed E-state index contributed by atoms with van der Waals surface area (Å²) in [6, 6.07) is 11.5. The topological polar surface area (TPSA) is 98.8 Å². The molecule has 4 aromatic rings. The zero-order valence-electron chi connectivity index (χ0n) is 24.2. The van der Waals surface area contributed by atoms with Crippen molar-refractivity contribution in [2.75, 3.05) is 36.5 Å². The van der Waals surface area contributed by atoms with E-state index < -0.39 is 20.7 Å². The number of carbonyl (C=O) groups is 1. The molecule has 3 heterocycles. The number of thiazole rings is 1. The van der Waals surface area contributed by atoms with Gasteiger partial charge in [0.05, 0.1) is 24.7 Å². The predicted octanol–water partition coefficient (Wildman–Crippen LogP) is 5.29. The molecule has 2 aromatic carbocycles. The van der Waals surface area contributed by atoms with Gasteiger partial charge in [0.2, 0.25) is 0 Å². The number of benzene rings is 2. The molecule has 0 saturated carbocycles. The van der Waals surface area contributed by atoms with Crippen LogP contribution < -0.4 is 13.9 Å². The average Bonchev–Trinajstić information content (AvgIpc) is 3.74. The van der Waals surface area contributed by atoms with Crippen LogP contribution in [-0.2, 0) is 16.6 Å². The zero-order chi connectivity index (χ0) is 30.2. The lowest BCUT2D eigenvalue weighted by atomic mass is 10.1. The minimum absolute atomic E-state index is 0.0255. The normalized spacial score (nSPS) is 15.2. The Bertz CT molecular complexity index is 1690. The Hall–Kier alpha value is -3.90. The number of hydrogen-bond acceptors (Lipinski definition) is 7. The molecule has 5 rings (SSSR count). The molecule has 1 atom stereocenters. The van der Waals surface area contributed by atoms with Gasteiger partial charge in [-0.1, -0.05) is 12.1 Å². The number of amides is 1. The van der Waals surface area contributed by atoms with Crippen molar-refractivity contribution < 1.29 is 22.3 Å². The monoisotopic (exact) mass is 611 g/mol. The maximum atomic E-state index is 15.8. The maximum Gasteiger partial charge on any atom is 0.268 e. The van der Waals surface area contributed by atoms with Crippen LogP contribution in [0.25, 0.3) is 0 Å². The van der Waals surface area contributed by atoms with Crippen LogP contribution in [0.5, 0.6) is 5.75 Å². The summed E-state index contributed by atoms with van der Waals surface area (Å²) in [6.45, 7) is 6.61. The van der Waals surface area contributed by atoms with E-state index in [-0.39, 0.29) is 24.3 Å². The van der Waals surface area contributed by atoms with E-state index in [0.29, 0.717) is 47.6 Å². The Morgan fingerprint density at radius 1 is 1.19 bits per heavy atom. The molecule has 1 fully saturated rings. The molecule has 0 unspecified atom stereocenters. The van der Waals surface area contributed by atoms with E-state index in [1.807, 2.05) is 36.8 Å². The summed E-state index contributed by atoms with van der Waals surface area (Å²) in [7, 11) is -0.900. The zero-order valence-corrected chi connectivity index (χ0v) is 25.9. The van der Waals surface area contributed by atoms with Crippen LogP contribution in [0.3, 0.4) is 0 Å². The first kappa shape index (κ1) is 29.6. The lowest BCUT2D eigenvalue weighted by molar-refractivity contribution is 0.0790. The standard InChI is InChI=1S/C30H34FN5O4S2/c1-19-12-28(42(38,39)36(29-17-41-18-32-29)15-22-6-8-24(40-5)9-7-22)26(31)14-27(19)34(4)23-10-11-35(16-23)30(37)25-13-20(2)33-21(25)3/h6-9,12-14,17-18,23,33H,10-11,15-16H2,1-5H3/t23-/m0/s1. The van der Waals surface area contributed by atoms with E-state index in [1.54, 1.807) is 49.2 Å². The molecule has 1 aliphatic heterocycles. The fourth-order valence-corrected chi connectivity index (χ4v) is 7.55. The average molecular weight is 612 g/mol. The molecule has 0 aliphatic carbocycles. The number of H-pyrrole nitrogens is 1. The van der Waals surface area contributed by atoms with Gasteiger partial charge in [-0.25, -0.2) is 22.1 Å². The summed E-state index contributed by atoms with van der Waals surface area (Å²) in [4.78, 5) is 23.9. The number of nitrogens with zero attached hydrogens (tertiary/aromatic N) is 4. The molecule has 1 saturated heterocycles. The van der Waals surface area contributed by atoms with Gasteiger partial charge < -0.3 is 19.5 Å². The number of aromatic nitrogens is 2. The molecule has 0 bridgehead atoms. The van der Waals surface area contributed by atoms with Crippen LogP contribution in [-0.4, -0.2) is 62.5 Å². The highest BCUT2D eigenvalue weighted by Crippen LogP contribution is 2.33. The van der Waals surface area contributed by atoms with Crippen LogP contribution in [0, 0.1) is 26.6 Å². The highest BCUT2D eigenvalue weighted by Gasteiger charge is 2.34. The summed E-state index contributed by atoms with van der Waals surface area (Å²) in [5.74, 6) is -0.0110. The van der Waals surface area contributed by atoms with Gasteiger partial charge in [0, 0.05) is 48.6 Å². The van der Waals surface area contributed by atoms with Crippen molar-refractivity contribution in [3.05, 3.63) is 87.3 Å². The summed E-state index contributed by atoms with van der Waals surface area (Å²) in [5.41, 5.74) is 5.86. The van der Waals surface area contributed by atoms with Crippen LogP contribution >= 0.6 is 11.3 Å². The Morgan fingerprint density at radius 3 is 2.55 bits per heavy atom. The van der Waals surface area contributed by atoms with Crippen LogP contribution in [0.4, 0.5) is 15.9 Å². The van der Waals surface area contributed by atoms with E-state index in [4.69, 9.17) is 4.74 Å². The fourth-order valence-electron chi connectivity index (χ4n) is 5.41. The van der Waals surface area contributed by atoms with Crippen molar-refractivity contribution in [3.8, 4) is 5.75 Å². The number of halogens is 1. The molecule has 1 N–H and O–H groups in total. The van der Waals surface area contributed by atoms with Crippen LogP contribution in [0.2, 0.25) is 0 Å². The molecule has 12 heteroatoms. The number of aryl methyl sites for hydroxylation is 3. The number of sulfonamides is 1. The Morgan fingerprint density at radius 2 is 1.93 bits per heavy atom. The lowest BCUT2D eigenvalue weighted by Gasteiger charge is -2.29. The van der Waals surface area contributed by atoms with E-state index in [1.165, 1.54) is 23.5 Å². The van der Waals surface area contributed by atoms with Gasteiger partial charge in [-0.05, 0) is 68.7 Å². The Labute approximate surface area is 249 Å². The number of likely N-dealkylation sites (tertiary alicyclic amines) is 1. The second kappa shape index (κ2) is 11.8. The number of carbonyl (C=O) groups excluding carboxylic acids is 1. The summed E-state index contributed by atoms with van der Waals surface area (Å²) < 4.78 is 49.9. The first-order chi connectivity index (χ1) is 20.0. The highest BCUT2D eigenvalue weighted by molar-refractivity contribution is 7.92. The third-order valence-electron chi connectivity index (χ3n) is 7.74. The number of ether oxygens (including phenoxy) is 1. The maximum absolute atomic E-state index is 15.8. The van der Waals surface area contributed by atoms with Gasteiger partial charge in [0.15, 0.2) is 5.82 Å². The molecular weight excluding hydrogens is 577 g/mol. The first-order valence-corrected chi connectivity index (χ1v) is 15.9. The largest absolute Gasteiger partial charge is 0.497 e. The van der Waals surface area contributed by atoms with Gasteiger partial charge in [-0.15, -0.1) is 11.3 Å². The second-order valence-electron chi connectivity index (χ2n) is 10.6. The van der Waals surface area contributed by atoms with Crippen molar-refractivity contribution in [1.29, 1.82) is 0 Å². The SMILES string of the molecule is COc1ccc(CN(c2cscn2)S(=O)(=O)c2cc(C)c(N(C)[C@H]3CCN(C(=O)c4cc(C)[nH]c4C)C3)cc2F)cc1. The van der Waals surface area contributed by atoms with Gasteiger partial charge in [0.25, 0.3) is 15.9 Å². The van der Waals surface area contributed by atoms with Crippen molar-refractivity contribution >= 4 is 38.8 Å². The number of methoxy groups -OCH3 is 1. The van der Waals surface area contributed by atoms with Crippen LogP contribution in [0.15, 0.2) is 58.3 Å². The molecule has 0 spiro atoms. The van der Waals surface area contributed by atoms with Gasteiger partial charge >= 0.3 is 0 Å². The number of aromatic amines is 1. The van der Waals surface area contributed by atoms with Gasteiger partial charge in [-0.2, -0.15) is 0 Å². The van der Waals surface area contributed by atoms with E-state index in [2.05, 4.69) is 9.97 Å². The molecule has 1 aliphatic rings. The predicted molar refractivity (Wildman–Crippen MR) is 163 cm³/mol. The molecule has 2 aromatic heterocycles. The number of nitrogens with one attached hydrogen (secondary N) is 1. The Kier molecular flexibility index (Phi) is 8.29. The molecular formula is C30H34FN5O4S2. The quantitative estimate of drug-likeness (QED) is 0.276. The number of rotatable bonds is 9. The molecule has 222 valence electrons.